The predicted molar refractivity (Wildman–Crippen MR) is 109 cm³/mol. The van der Waals surface area contributed by atoms with Crippen LogP contribution in [0, 0.1) is 20.8 Å². The van der Waals surface area contributed by atoms with E-state index in [0.29, 0.717) is 33.2 Å². The van der Waals surface area contributed by atoms with Crippen molar-refractivity contribution in [2.45, 2.75) is 20.8 Å². The van der Waals surface area contributed by atoms with E-state index in [-0.39, 0.29) is 11.3 Å². The minimum atomic E-state index is -0.192. The van der Waals surface area contributed by atoms with E-state index in [2.05, 4.69) is 5.32 Å². The van der Waals surface area contributed by atoms with E-state index < -0.39 is 0 Å². The average molecular weight is 357 g/mol. The fourth-order valence-corrected chi connectivity index (χ4v) is 3.25. The maximum Gasteiger partial charge on any atom is 0.255 e. The molecule has 134 valence electrons. The van der Waals surface area contributed by atoms with Crippen molar-refractivity contribution >= 4 is 33.5 Å². The summed E-state index contributed by atoms with van der Waals surface area (Å²) in [6.45, 7) is 5.82. The molecule has 0 atom stereocenters. The Hall–Kier alpha value is -3.40. The van der Waals surface area contributed by atoms with Crippen LogP contribution < -0.4 is 10.7 Å². The molecule has 4 aromatic rings. The maximum absolute atomic E-state index is 12.8. The van der Waals surface area contributed by atoms with Crippen LogP contribution in [0.15, 0.2) is 63.8 Å². The van der Waals surface area contributed by atoms with Gasteiger partial charge in [0, 0.05) is 17.3 Å². The molecule has 0 aliphatic carbocycles. The molecule has 0 aliphatic heterocycles. The van der Waals surface area contributed by atoms with Gasteiger partial charge in [0.1, 0.15) is 11.2 Å². The quantitative estimate of drug-likeness (QED) is 0.506. The summed E-state index contributed by atoms with van der Waals surface area (Å²) in [5.74, 6) is -0.192. The van der Waals surface area contributed by atoms with Crippen molar-refractivity contribution in [1.82, 2.24) is 0 Å². The number of aryl methyl sites for hydroxylation is 3. The van der Waals surface area contributed by atoms with Gasteiger partial charge in [-0.1, -0.05) is 24.3 Å². The lowest BCUT2D eigenvalue weighted by atomic mass is 10.0. The Morgan fingerprint density at radius 2 is 1.63 bits per heavy atom. The molecule has 0 saturated heterocycles. The second-order valence-corrected chi connectivity index (χ2v) is 6.80. The van der Waals surface area contributed by atoms with Crippen LogP contribution in [0.5, 0.6) is 0 Å². The van der Waals surface area contributed by atoms with Crippen LogP contribution in [0.4, 0.5) is 5.69 Å². The zero-order valence-electron chi connectivity index (χ0n) is 15.4. The Balaban J connectivity index is 1.81. The molecule has 4 rings (SSSR count). The van der Waals surface area contributed by atoms with E-state index in [1.54, 1.807) is 30.3 Å². The number of nitrogens with one attached hydrogen (secondary N) is 1. The lowest BCUT2D eigenvalue weighted by molar-refractivity contribution is 0.102. The molecule has 1 N–H and O–H groups in total. The second-order valence-electron chi connectivity index (χ2n) is 6.80. The topological polar surface area (TPSA) is 59.3 Å². The first kappa shape index (κ1) is 17.0. The van der Waals surface area contributed by atoms with E-state index in [1.165, 1.54) is 0 Å². The molecule has 1 amide bonds. The summed E-state index contributed by atoms with van der Waals surface area (Å²) in [5, 5.41) is 3.95. The van der Waals surface area contributed by atoms with E-state index >= 15 is 0 Å². The van der Waals surface area contributed by atoms with Gasteiger partial charge in [0.25, 0.3) is 5.91 Å². The number of hydrogen-bond donors (Lipinski definition) is 1. The molecule has 0 spiro atoms. The van der Waals surface area contributed by atoms with Gasteiger partial charge in [-0.15, -0.1) is 0 Å². The molecule has 0 fully saturated rings. The standard InChI is InChI=1S/C23H19NO3/c1-13-8-10-19-21(25)18-11-9-16(12-20(18)27-22(19)15(13)3)24-23(26)17-7-5-4-6-14(17)2/h4-12H,1-3H3,(H,24,26). The van der Waals surface area contributed by atoms with Crippen molar-refractivity contribution < 1.29 is 9.21 Å². The maximum atomic E-state index is 12.8. The number of carbonyl (C=O) groups excluding carboxylic acids is 1. The monoisotopic (exact) mass is 357 g/mol. The van der Waals surface area contributed by atoms with Gasteiger partial charge in [0.15, 0.2) is 0 Å². The summed E-state index contributed by atoms with van der Waals surface area (Å²) in [6, 6.07) is 16.3. The molecule has 0 unspecified atom stereocenters. The molecule has 0 saturated carbocycles. The van der Waals surface area contributed by atoms with Gasteiger partial charge in [0.05, 0.1) is 10.8 Å². The molecule has 1 heterocycles. The van der Waals surface area contributed by atoms with Crippen molar-refractivity contribution in [1.29, 1.82) is 0 Å². The lowest BCUT2D eigenvalue weighted by Gasteiger charge is -2.10. The highest BCUT2D eigenvalue weighted by Crippen LogP contribution is 2.25. The van der Waals surface area contributed by atoms with Gasteiger partial charge >= 0.3 is 0 Å². The van der Waals surface area contributed by atoms with Crippen LogP contribution in [0.3, 0.4) is 0 Å². The van der Waals surface area contributed by atoms with Crippen LogP contribution >= 0.6 is 0 Å². The van der Waals surface area contributed by atoms with Crippen LogP contribution in [-0.4, -0.2) is 5.91 Å². The first-order valence-electron chi connectivity index (χ1n) is 8.79. The smallest absolute Gasteiger partial charge is 0.255 e. The Bertz CT molecular complexity index is 1270. The minimum Gasteiger partial charge on any atom is -0.455 e. The molecule has 27 heavy (non-hydrogen) atoms. The molecule has 1 aromatic heterocycles. The van der Waals surface area contributed by atoms with Crippen molar-refractivity contribution in [2.24, 2.45) is 0 Å². The Morgan fingerprint density at radius 1 is 0.889 bits per heavy atom. The van der Waals surface area contributed by atoms with Gasteiger partial charge in [0.2, 0.25) is 5.43 Å². The SMILES string of the molecule is Cc1ccccc1C(=O)Nc1ccc2c(=O)c3ccc(C)c(C)c3oc2c1. The Labute approximate surface area is 156 Å². The second kappa shape index (κ2) is 6.40. The Morgan fingerprint density at radius 3 is 2.41 bits per heavy atom. The largest absolute Gasteiger partial charge is 0.455 e. The summed E-state index contributed by atoms with van der Waals surface area (Å²) < 4.78 is 6.04. The summed E-state index contributed by atoms with van der Waals surface area (Å²) >= 11 is 0. The molecule has 3 aromatic carbocycles. The third-order valence-electron chi connectivity index (χ3n) is 5.01. The van der Waals surface area contributed by atoms with Crippen molar-refractivity contribution in [3.05, 3.63) is 87.1 Å². The Kier molecular flexibility index (Phi) is 4.04. The molecule has 0 radical (unpaired) electrons. The average Bonchev–Trinajstić information content (AvgIpc) is 2.65. The van der Waals surface area contributed by atoms with Gasteiger partial charge < -0.3 is 9.73 Å². The molecular formula is C23H19NO3. The third kappa shape index (κ3) is 2.89. The first-order valence-corrected chi connectivity index (χ1v) is 8.79. The fraction of sp³-hybridized carbons (Fsp3) is 0.130. The number of hydrogen-bond acceptors (Lipinski definition) is 3. The summed E-state index contributed by atoms with van der Waals surface area (Å²) in [5.41, 5.74) is 5.10. The van der Waals surface area contributed by atoms with Crippen LogP contribution in [-0.2, 0) is 0 Å². The minimum absolute atomic E-state index is 0.0638. The highest BCUT2D eigenvalue weighted by Gasteiger charge is 2.13. The highest BCUT2D eigenvalue weighted by molar-refractivity contribution is 6.06. The molecule has 4 heteroatoms. The van der Waals surface area contributed by atoms with E-state index in [0.717, 1.165) is 16.7 Å². The number of fused-ring (bicyclic) bond motifs is 2. The predicted octanol–water partition coefficient (Wildman–Crippen LogP) is 5.12. The van der Waals surface area contributed by atoms with Crippen molar-refractivity contribution in [2.75, 3.05) is 5.32 Å². The van der Waals surface area contributed by atoms with E-state index in [1.807, 2.05) is 45.0 Å². The normalized spacial score (nSPS) is 11.1. The summed E-state index contributed by atoms with van der Waals surface area (Å²) in [6.07, 6.45) is 0. The summed E-state index contributed by atoms with van der Waals surface area (Å²) in [7, 11) is 0. The highest BCUT2D eigenvalue weighted by atomic mass is 16.3. The molecular weight excluding hydrogens is 338 g/mol. The van der Waals surface area contributed by atoms with Gasteiger partial charge in [-0.25, -0.2) is 0 Å². The van der Waals surface area contributed by atoms with E-state index in [4.69, 9.17) is 4.42 Å². The van der Waals surface area contributed by atoms with Crippen molar-refractivity contribution in [3.8, 4) is 0 Å². The van der Waals surface area contributed by atoms with Gasteiger partial charge in [-0.2, -0.15) is 0 Å². The molecule has 0 aliphatic rings. The zero-order valence-corrected chi connectivity index (χ0v) is 15.4. The molecule has 4 nitrogen and oxygen atoms in total. The summed E-state index contributed by atoms with van der Waals surface area (Å²) in [4.78, 5) is 25.3. The molecule has 0 bridgehead atoms. The van der Waals surface area contributed by atoms with Crippen LogP contribution in [0.25, 0.3) is 21.9 Å². The number of anilines is 1. The number of amides is 1. The zero-order chi connectivity index (χ0) is 19.1. The van der Waals surface area contributed by atoms with Gasteiger partial charge in [-0.3, -0.25) is 9.59 Å². The fourth-order valence-electron chi connectivity index (χ4n) is 3.25. The van der Waals surface area contributed by atoms with Crippen molar-refractivity contribution in [3.63, 3.8) is 0 Å². The number of carbonyl (C=O) groups is 1. The van der Waals surface area contributed by atoms with E-state index in [9.17, 15) is 9.59 Å². The lowest BCUT2D eigenvalue weighted by Crippen LogP contribution is -2.13. The van der Waals surface area contributed by atoms with Crippen LogP contribution in [0.1, 0.15) is 27.0 Å². The first-order chi connectivity index (χ1) is 13.0. The van der Waals surface area contributed by atoms with Crippen LogP contribution in [0.2, 0.25) is 0 Å². The number of rotatable bonds is 2. The van der Waals surface area contributed by atoms with Gasteiger partial charge in [-0.05, 0) is 61.7 Å². The third-order valence-corrected chi connectivity index (χ3v) is 5.01. The number of benzene rings is 3.